The number of nitrogens with one attached hydrogen (secondary N) is 1. The summed E-state index contributed by atoms with van der Waals surface area (Å²) in [5, 5.41) is 2.67. The molecule has 0 aliphatic rings. The summed E-state index contributed by atoms with van der Waals surface area (Å²) in [6.45, 7) is 7.71. The van der Waals surface area contributed by atoms with Crippen molar-refractivity contribution in [3.63, 3.8) is 0 Å². The van der Waals surface area contributed by atoms with E-state index in [-0.39, 0.29) is 0 Å². The number of amides is 1. The molecule has 0 radical (unpaired) electrons. The molecule has 0 spiro atoms. The Labute approximate surface area is 107 Å². The fourth-order valence-corrected chi connectivity index (χ4v) is 1.44. The molecular weight excluding hydrogens is 230 g/mol. The van der Waals surface area contributed by atoms with E-state index in [4.69, 9.17) is 4.74 Å². The fraction of sp³-hybridized carbons (Fsp3) is 0.429. The number of hydrogen-bond donors (Lipinski definition) is 1. The highest BCUT2D eigenvalue weighted by atomic mass is 16.6. The number of aryl methyl sites for hydroxylation is 1. The number of alkyl carbamates (subject to hydrolysis) is 1. The van der Waals surface area contributed by atoms with E-state index < -0.39 is 11.7 Å². The summed E-state index contributed by atoms with van der Waals surface area (Å²) < 4.78 is 5.14. The third-order valence-corrected chi connectivity index (χ3v) is 2.33. The van der Waals surface area contributed by atoms with E-state index in [1.165, 1.54) is 0 Å². The third kappa shape index (κ3) is 4.57. The van der Waals surface area contributed by atoms with Gasteiger partial charge in [-0.05, 0) is 44.9 Å². The average Bonchev–Trinajstić information content (AvgIpc) is 2.25. The predicted octanol–water partition coefficient (Wildman–Crippen LogP) is 2.83. The monoisotopic (exact) mass is 249 g/mol. The summed E-state index contributed by atoms with van der Waals surface area (Å²) in [5.74, 6) is 0. The minimum Gasteiger partial charge on any atom is -0.444 e. The van der Waals surface area contributed by atoms with Gasteiger partial charge in [0, 0.05) is 12.1 Å². The Bertz CT molecular complexity index is 447. The summed E-state index contributed by atoms with van der Waals surface area (Å²) in [5.41, 5.74) is 2.02. The van der Waals surface area contributed by atoms with Crippen molar-refractivity contribution in [2.24, 2.45) is 0 Å². The number of carbonyl (C=O) groups is 2. The molecule has 1 aromatic rings. The summed E-state index contributed by atoms with van der Waals surface area (Å²) in [4.78, 5) is 22.2. The van der Waals surface area contributed by atoms with E-state index in [0.29, 0.717) is 12.1 Å². The maximum Gasteiger partial charge on any atom is 0.407 e. The molecule has 0 fully saturated rings. The lowest BCUT2D eigenvalue weighted by Gasteiger charge is -2.20. The molecule has 4 nitrogen and oxygen atoms in total. The van der Waals surface area contributed by atoms with Gasteiger partial charge in [-0.2, -0.15) is 0 Å². The van der Waals surface area contributed by atoms with Crippen LogP contribution in [0.4, 0.5) is 4.79 Å². The van der Waals surface area contributed by atoms with Crippen molar-refractivity contribution in [3.8, 4) is 0 Å². The van der Waals surface area contributed by atoms with Crippen molar-refractivity contribution >= 4 is 12.4 Å². The minimum atomic E-state index is -0.510. The molecule has 1 rings (SSSR count). The van der Waals surface area contributed by atoms with Gasteiger partial charge in [-0.25, -0.2) is 4.79 Å². The van der Waals surface area contributed by atoms with Gasteiger partial charge in [-0.15, -0.1) is 0 Å². The molecule has 0 bridgehead atoms. The number of rotatable bonds is 3. The summed E-state index contributed by atoms with van der Waals surface area (Å²) in [6, 6.07) is 5.37. The maximum absolute atomic E-state index is 11.5. The van der Waals surface area contributed by atoms with Crippen molar-refractivity contribution in [2.45, 2.75) is 39.8 Å². The summed E-state index contributed by atoms with van der Waals surface area (Å²) >= 11 is 0. The molecule has 0 atom stereocenters. The van der Waals surface area contributed by atoms with Gasteiger partial charge in [-0.1, -0.05) is 12.1 Å². The van der Waals surface area contributed by atoms with E-state index in [9.17, 15) is 9.59 Å². The molecule has 1 N–H and O–H groups in total. The van der Waals surface area contributed by atoms with Crippen LogP contribution in [0.1, 0.15) is 42.3 Å². The van der Waals surface area contributed by atoms with Crippen molar-refractivity contribution in [1.82, 2.24) is 5.32 Å². The number of carbonyl (C=O) groups excluding carboxylic acids is 2. The lowest BCUT2D eigenvalue weighted by atomic mass is 10.1. The molecule has 98 valence electrons. The van der Waals surface area contributed by atoms with Crippen molar-refractivity contribution in [3.05, 3.63) is 34.9 Å². The highest BCUT2D eigenvalue weighted by Crippen LogP contribution is 2.11. The van der Waals surface area contributed by atoms with Gasteiger partial charge in [0.15, 0.2) is 0 Å². The van der Waals surface area contributed by atoms with E-state index in [0.717, 1.165) is 17.4 Å². The summed E-state index contributed by atoms with van der Waals surface area (Å²) in [7, 11) is 0. The van der Waals surface area contributed by atoms with Crippen molar-refractivity contribution in [1.29, 1.82) is 0 Å². The van der Waals surface area contributed by atoms with Gasteiger partial charge in [0.2, 0.25) is 0 Å². The Morgan fingerprint density at radius 2 is 2.06 bits per heavy atom. The second-order valence-corrected chi connectivity index (χ2v) is 5.16. The molecule has 4 heteroatoms. The number of ether oxygens (including phenoxy) is 1. The first-order valence-corrected chi connectivity index (χ1v) is 5.83. The third-order valence-electron chi connectivity index (χ3n) is 2.33. The van der Waals surface area contributed by atoms with Crippen LogP contribution in [0.25, 0.3) is 0 Å². The van der Waals surface area contributed by atoms with Gasteiger partial charge >= 0.3 is 6.09 Å². The first-order chi connectivity index (χ1) is 8.31. The van der Waals surface area contributed by atoms with Crippen LogP contribution < -0.4 is 5.32 Å². The molecule has 0 unspecified atom stereocenters. The van der Waals surface area contributed by atoms with Gasteiger partial charge in [0.05, 0.1) is 0 Å². The van der Waals surface area contributed by atoms with Crippen LogP contribution in [-0.2, 0) is 11.3 Å². The number of aldehydes is 1. The fourth-order valence-electron chi connectivity index (χ4n) is 1.44. The van der Waals surface area contributed by atoms with Gasteiger partial charge in [0.25, 0.3) is 0 Å². The van der Waals surface area contributed by atoms with Gasteiger partial charge in [0.1, 0.15) is 11.9 Å². The maximum atomic E-state index is 11.5. The second-order valence-electron chi connectivity index (χ2n) is 5.16. The normalized spacial score (nSPS) is 10.9. The molecule has 0 aliphatic heterocycles. The first-order valence-electron chi connectivity index (χ1n) is 5.83. The van der Waals surface area contributed by atoms with Gasteiger partial charge < -0.3 is 10.1 Å². The Kier molecular flexibility index (Phi) is 4.48. The quantitative estimate of drug-likeness (QED) is 0.838. The molecule has 1 aromatic carbocycles. The van der Waals surface area contributed by atoms with E-state index in [2.05, 4.69) is 5.32 Å². The average molecular weight is 249 g/mol. The Balaban J connectivity index is 2.63. The molecule has 0 aliphatic carbocycles. The number of benzene rings is 1. The highest BCUT2D eigenvalue weighted by Gasteiger charge is 2.15. The molecule has 0 aromatic heterocycles. The van der Waals surface area contributed by atoms with Crippen LogP contribution in [0.2, 0.25) is 0 Å². The topological polar surface area (TPSA) is 55.4 Å². The smallest absolute Gasteiger partial charge is 0.407 e. The van der Waals surface area contributed by atoms with Crippen molar-refractivity contribution in [2.75, 3.05) is 0 Å². The Morgan fingerprint density at radius 1 is 1.39 bits per heavy atom. The van der Waals surface area contributed by atoms with E-state index >= 15 is 0 Å². The van der Waals surface area contributed by atoms with Crippen LogP contribution in [0.3, 0.4) is 0 Å². The molecule has 0 saturated heterocycles. The molecule has 0 heterocycles. The zero-order valence-corrected chi connectivity index (χ0v) is 11.2. The largest absolute Gasteiger partial charge is 0.444 e. The lowest BCUT2D eigenvalue weighted by molar-refractivity contribution is 0.0523. The lowest BCUT2D eigenvalue weighted by Crippen LogP contribution is -2.32. The van der Waals surface area contributed by atoms with Crippen LogP contribution >= 0.6 is 0 Å². The van der Waals surface area contributed by atoms with Crippen LogP contribution in [0, 0.1) is 6.92 Å². The Morgan fingerprint density at radius 3 is 2.61 bits per heavy atom. The van der Waals surface area contributed by atoms with Crippen LogP contribution in [-0.4, -0.2) is 18.0 Å². The second kappa shape index (κ2) is 5.67. The van der Waals surface area contributed by atoms with Gasteiger partial charge in [-0.3, -0.25) is 4.79 Å². The van der Waals surface area contributed by atoms with Crippen molar-refractivity contribution < 1.29 is 14.3 Å². The number of hydrogen-bond acceptors (Lipinski definition) is 3. The molecule has 0 saturated carbocycles. The zero-order valence-electron chi connectivity index (χ0n) is 11.2. The minimum absolute atomic E-state index is 0.350. The predicted molar refractivity (Wildman–Crippen MR) is 69.6 cm³/mol. The summed E-state index contributed by atoms with van der Waals surface area (Å²) in [6.07, 6.45) is 0.328. The van der Waals surface area contributed by atoms with E-state index in [1.54, 1.807) is 12.1 Å². The first kappa shape index (κ1) is 14.2. The highest BCUT2D eigenvalue weighted by molar-refractivity contribution is 5.75. The molecular formula is C14H19NO3. The van der Waals surface area contributed by atoms with Crippen LogP contribution in [0.15, 0.2) is 18.2 Å². The molecule has 18 heavy (non-hydrogen) atoms. The standard InChI is InChI=1S/C14H19NO3/c1-10-5-6-11(9-16)7-12(10)8-15-13(17)18-14(2,3)4/h5-7,9H,8H2,1-4H3,(H,15,17). The zero-order chi connectivity index (χ0) is 13.8. The Hall–Kier alpha value is -1.84. The SMILES string of the molecule is Cc1ccc(C=O)cc1CNC(=O)OC(C)(C)C. The molecule has 1 amide bonds. The van der Waals surface area contributed by atoms with Crippen LogP contribution in [0.5, 0.6) is 0 Å². The van der Waals surface area contributed by atoms with E-state index in [1.807, 2.05) is 33.8 Å².